The van der Waals surface area contributed by atoms with Gasteiger partial charge >= 0.3 is 0 Å². The van der Waals surface area contributed by atoms with Gasteiger partial charge in [0.1, 0.15) is 0 Å². The van der Waals surface area contributed by atoms with E-state index in [4.69, 9.17) is 44.1 Å². The molecule has 186 valence electrons. The molecule has 0 amide bonds. The van der Waals surface area contributed by atoms with Crippen LogP contribution in [0.4, 0.5) is 0 Å². The molecule has 0 unspecified atom stereocenters. The van der Waals surface area contributed by atoms with Gasteiger partial charge in [0.25, 0.3) is 0 Å². The predicted molar refractivity (Wildman–Crippen MR) is 147 cm³/mol. The summed E-state index contributed by atoms with van der Waals surface area (Å²) in [6.07, 6.45) is 0. The van der Waals surface area contributed by atoms with Gasteiger partial charge < -0.3 is 20.9 Å². The van der Waals surface area contributed by atoms with Crippen LogP contribution in [0.5, 0.6) is 11.8 Å². The number of hydrogen-bond acceptors (Lipinski definition) is 6. The van der Waals surface area contributed by atoms with Crippen molar-refractivity contribution in [2.45, 2.75) is 25.9 Å². The average Bonchev–Trinajstić information content (AvgIpc) is 2.88. The Morgan fingerprint density at radius 1 is 0.611 bits per heavy atom. The Kier molecular flexibility index (Phi) is 7.81. The van der Waals surface area contributed by atoms with E-state index in [1.807, 2.05) is 74.5 Å². The van der Waals surface area contributed by atoms with Crippen molar-refractivity contribution >= 4 is 23.2 Å². The van der Waals surface area contributed by atoms with Gasteiger partial charge in [-0.15, -0.1) is 0 Å². The van der Waals surface area contributed by atoms with Gasteiger partial charge in [0.15, 0.2) is 0 Å². The molecule has 2 atom stereocenters. The Bertz CT molecular complexity index is 1300. The minimum atomic E-state index is -0.209. The van der Waals surface area contributed by atoms with Crippen LogP contribution in [0, 0.1) is 0 Å². The quantitative estimate of drug-likeness (QED) is 0.275. The number of ether oxygens (including phenoxy) is 2. The molecule has 0 fully saturated rings. The maximum atomic E-state index is 6.94. The summed E-state index contributed by atoms with van der Waals surface area (Å²) < 4.78 is 10.9. The number of hydrogen-bond donors (Lipinski definition) is 2. The number of nitrogens with two attached hydrogens (primary N) is 2. The minimum absolute atomic E-state index is 0.209. The van der Waals surface area contributed by atoms with Crippen molar-refractivity contribution in [1.82, 2.24) is 9.97 Å². The van der Waals surface area contributed by atoms with Gasteiger partial charge in [-0.25, -0.2) is 9.97 Å². The monoisotopic (exact) mass is 522 g/mol. The van der Waals surface area contributed by atoms with Gasteiger partial charge in [0.05, 0.1) is 35.7 Å². The van der Waals surface area contributed by atoms with Gasteiger partial charge in [-0.3, -0.25) is 0 Å². The van der Waals surface area contributed by atoms with Crippen LogP contribution in [0.1, 0.15) is 37.1 Å². The summed E-state index contributed by atoms with van der Waals surface area (Å²) in [5.74, 6) is 0.943. The van der Waals surface area contributed by atoms with Crippen LogP contribution in [0.3, 0.4) is 0 Å². The summed E-state index contributed by atoms with van der Waals surface area (Å²) in [7, 11) is 3.15. The standard InChI is InChI=1S/C28H28Cl2N4O2/c1-15(31)17-11-13-23(33-27(17)35-3)21-9-5-7-19(25(21)29)20-8-6-10-22(26(20)30)24-14-12-18(16(2)32)28(34-24)36-4/h5-16H,31-32H2,1-4H3/t15-,16-/m1/s1. The molecule has 0 aliphatic carbocycles. The first kappa shape index (κ1) is 25.9. The van der Waals surface area contributed by atoms with Crippen molar-refractivity contribution in [3.05, 3.63) is 81.8 Å². The van der Waals surface area contributed by atoms with E-state index < -0.39 is 0 Å². The number of halogens is 2. The largest absolute Gasteiger partial charge is 0.481 e. The third kappa shape index (κ3) is 4.90. The van der Waals surface area contributed by atoms with Crippen molar-refractivity contribution in [2.75, 3.05) is 14.2 Å². The number of aromatic nitrogens is 2. The molecule has 0 saturated carbocycles. The normalized spacial score (nSPS) is 12.8. The fourth-order valence-electron chi connectivity index (χ4n) is 4.10. The van der Waals surface area contributed by atoms with E-state index in [2.05, 4.69) is 9.97 Å². The summed E-state index contributed by atoms with van der Waals surface area (Å²) in [4.78, 5) is 9.31. The zero-order valence-corrected chi connectivity index (χ0v) is 22.1. The second-order valence-electron chi connectivity index (χ2n) is 8.50. The highest BCUT2D eigenvalue weighted by atomic mass is 35.5. The molecule has 0 spiro atoms. The highest BCUT2D eigenvalue weighted by Gasteiger charge is 2.19. The van der Waals surface area contributed by atoms with E-state index in [0.717, 1.165) is 33.4 Å². The lowest BCUT2D eigenvalue weighted by atomic mass is 9.97. The smallest absolute Gasteiger partial charge is 0.218 e. The van der Waals surface area contributed by atoms with Crippen LogP contribution in [-0.4, -0.2) is 24.2 Å². The van der Waals surface area contributed by atoms with E-state index in [9.17, 15) is 0 Å². The van der Waals surface area contributed by atoms with Crippen LogP contribution < -0.4 is 20.9 Å². The highest BCUT2D eigenvalue weighted by molar-refractivity contribution is 6.39. The van der Waals surface area contributed by atoms with Gasteiger partial charge in [0, 0.05) is 45.5 Å². The molecule has 2 aromatic carbocycles. The third-order valence-electron chi connectivity index (χ3n) is 5.99. The van der Waals surface area contributed by atoms with E-state index in [0.29, 0.717) is 33.2 Å². The molecular weight excluding hydrogens is 495 g/mol. The lowest BCUT2D eigenvalue weighted by Crippen LogP contribution is -2.08. The Hall–Kier alpha value is -3.16. The van der Waals surface area contributed by atoms with E-state index in [1.165, 1.54) is 0 Å². The highest BCUT2D eigenvalue weighted by Crippen LogP contribution is 2.42. The van der Waals surface area contributed by atoms with Crippen LogP contribution >= 0.6 is 23.2 Å². The zero-order valence-electron chi connectivity index (χ0n) is 20.5. The van der Waals surface area contributed by atoms with E-state index in [-0.39, 0.29) is 12.1 Å². The van der Waals surface area contributed by atoms with E-state index in [1.54, 1.807) is 14.2 Å². The number of rotatable bonds is 7. The number of pyridine rings is 2. The van der Waals surface area contributed by atoms with Crippen LogP contribution in [-0.2, 0) is 0 Å². The fourth-order valence-corrected chi connectivity index (χ4v) is 4.75. The predicted octanol–water partition coefficient (Wildman–Crippen LogP) is 6.84. The first-order valence-corrected chi connectivity index (χ1v) is 12.2. The molecule has 4 rings (SSSR count). The second kappa shape index (κ2) is 10.8. The molecular formula is C28H28Cl2N4O2. The Morgan fingerprint density at radius 2 is 0.972 bits per heavy atom. The molecule has 2 heterocycles. The van der Waals surface area contributed by atoms with Gasteiger partial charge in [-0.1, -0.05) is 59.6 Å². The van der Waals surface area contributed by atoms with Crippen molar-refractivity contribution < 1.29 is 9.47 Å². The summed E-state index contributed by atoms with van der Waals surface area (Å²) in [6, 6.07) is 18.7. The SMILES string of the molecule is COc1nc(-c2cccc(-c3cccc(-c4ccc([C@@H](C)N)c(OC)n4)c3Cl)c2Cl)ccc1[C@@H](C)N. The third-order valence-corrected chi connectivity index (χ3v) is 6.80. The first-order valence-electron chi connectivity index (χ1n) is 11.5. The maximum absolute atomic E-state index is 6.94. The first-order chi connectivity index (χ1) is 17.3. The molecule has 8 heteroatoms. The Morgan fingerprint density at radius 3 is 1.31 bits per heavy atom. The lowest BCUT2D eigenvalue weighted by Gasteiger charge is -2.16. The second-order valence-corrected chi connectivity index (χ2v) is 9.26. The molecule has 0 radical (unpaired) electrons. The van der Waals surface area contributed by atoms with Crippen molar-refractivity contribution in [3.8, 4) is 45.4 Å². The van der Waals surface area contributed by atoms with Crippen LogP contribution in [0.2, 0.25) is 10.0 Å². The summed E-state index contributed by atoms with van der Waals surface area (Å²) in [5.41, 5.74) is 18.2. The lowest BCUT2D eigenvalue weighted by molar-refractivity contribution is 0.390. The number of benzene rings is 2. The number of methoxy groups -OCH3 is 2. The Balaban J connectivity index is 1.81. The Labute approximate surface area is 221 Å². The topological polar surface area (TPSA) is 96.3 Å². The minimum Gasteiger partial charge on any atom is -0.481 e. The average molecular weight is 523 g/mol. The van der Waals surface area contributed by atoms with Crippen LogP contribution in [0.15, 0.2) is 60.7 Å². The van der Waals surface area contributed by atoms with Crippen molar-refractivity contribution in [2.24, 2.45) is 11.5 Å². The van der Waals surface area contributed by atoms with Crippen molar-refractivity contribution in [1.29, 1.82) is 0 Å². The molecule has 4 N–H and O–H groups in total. The molecule has 0 saturated heterocycles. The van der Waals surface area contributed by atoms with E-state index >= 15 is 0 Å². The van der Waals surface area contributed by atoms with Crippen LogP contribution in [0.25, 0.3) is 33.6 Å². The van der Waals surface area contributed by atoms with Gasteiger partial charge in [0.2, 0.25) is 11.8 Å². The fraction of sp³-hybridized carbons (Fsp3) is 0.214. The molecule has 6 nitrogen and oxygen atoms in total. The summed E-state index contributed by atoms with van der Waals surface area (Å²) >= 11 is 13.9. The molecule has 0 aliphatic rings. The van der Waals surface area contributed by atoms with Crippen molar-refractivity contribution in [3.63, 3.8) is 0 Å². The summed E-state index contributed by atoms with van der Waals surface area (Å²) in [5, 5.41) is 1.05. The molecule has 2 aromatic heterocycles. The van der Waals surface area contributed by atoms with Gasteiger partial charge in [-0.05, 0) is 38.1 Å². The van der Waals surface area contributed by atoms with Gasteiger partial charge in [-0.2, -0.15) is 0 Å². The molecule has 4 aromatic rings. The molecule has 0 aliphatic heterocycles. The summed E-state index contributed by atoms with van der Waals surface area (Å²) in [6.45, 7) is 3.77. The number of nitrogens with zero attached hydrogens (tertiary/aromatic N) is 2. The maximum Gasteiger partial charge on any atom is 0.218 e. The molecule has 0 bridgehead atoms. The zero-order chi connectivity index (χ0) is 26.0. The molecule has 36 heavy (non-hydrogen) atoms.